The van der Waals surface area contributed by atoms with Gasteiger partial charge in [0.1, 0.15) is 17.8 Å². The van der Waals surface area contributed by atoms with Crippen LogP contribution in [0, 0.1) is 0 Å². The molecule has 5 heteroatoms. The summed E-state index contributed by atoms with van der Waals surface area (Å²) in [6.07, 6.45) is 2.52. The molecular formula is C12H18O5. The Morgan fingerprint density at radius 1 is 1.00 bits per heavy atom. The topological polar surface area (TPSA) is 46.2 Å². The minimum absolute atomic E-state index is 0.0333. The monoisotopic (exact) mass is 242 g/mol. The van der Waals surface area contributed by atoms with Crippen LogP contribution < -0.4 is 0 Å². The van der Waals surface area contributed by atoms with E-state index in [-0.39, 0.29) is 18.3 Å². The van der Waals surface area contributed by atoms with Crippen molar-refractivity contribution in [1.82, 2.24) is 0 Å². The molecule has 0 spiro atoms. The van der Waals surface area contributed by atoms with Crippen LogP contribution in [0.2, 0.25) is 0 Å². The second-order valence-electron chi connectivity index (χ2n) is 5.44. The molecule has 5 rings (SSSR count). The second kappa shape index (κ2) is 3.90. The normalized spacial score (nSPS) is 53.6. The number of hydrogen-bond donors (Lipinski definition) is 0. The molecule has 0 aromatic heterocycles. The Balaban J connectivity index is 1.60. The quantitative estimate of drug-likeness (QED) is 0.653. The van der Waals surface area contributed by atoms with Crippen molar-refractivity contribution in [3.63, 3.8) is 0 Å². The molecule has 0 N–H and O–H groups in total. The summed E-state index contributed by atoms with van der Waals surface area (Å²) < 4.78 is 29.4. The molecule has 5 fully saturated rings. The summed E-state index contributed by atoms with van der Waals surface area (Å²) in [7, 11) is 0. The average molecular weight is 242 g/mol. The Hall–Kier alpha value is -0.200. The van der Waals surface area contributed by atoms with E-state index in [4.69, 9.17) is 23.7 Å². The van der Waals surface area contributed by atoms with Crippen LogP contribution in [0.15, 0.2) is 0 Å². The van der Waals surface area contributed by atoms with Gasteiger partial charge in [-0.25, -0.2) is 0 Å². The first-order chi connectivity index (χ1) is 8.36. The highest BCUT2D eigenvalue weighted by molar-refractivity contribution is 5.03. The maximum Gasteiger partial charge on any atom is 0.143 e. The lowest BCUT2D eigenvalue weighted by Crippen LogP contribution is -2.58. The molecule has 5 aliphatic heterocycles. The molecule has 0 aliphatic carbocycles. The Morgan fingerprint density at radius 2 is 2.00 bits per heavy atom. The van der Waals surface area contributed by atoms with Gasteiger partial charge in [-0.2, -0.15) is 0 Å². The molecular weight excluding hydrogens is 224 g/mol. The van der Waals surface area contributed by atoms with Crippen molar-refractivity contribution in [2.45, 2.75) is 42.9 Å². The fraction of sp³-hybridized carbons (Fsp3) is 1.00. The maximum atomic E-state index is 6.09. The minimum Gasteiger partial charge on any atom is -0.375 e. The number of rotatable bonds is 1. The lowest BCUT2D eigenvalue weighted by molar-refractivity contribution is -0.229. The van der Waals surface area contributed by atoms with Gasteiger partial charge in [0.2, 0.25) is 0 Å². The highest BCUT2D eigenvalue weighted by atomic mass is 16.7. The molecule has 0 saturated carbocycles. The molecule has 5 nitrogen and oxygen atoms in total. The third-order valence-corrected chi connectivity index (χ3v) is 4.23. The number of hydrogen-bond acceptors (Lipinski definition) is 5. The van der Waals surface area contributed by atoms with Crippen molar-refractivity contribution in [3.8, 4) is 0 Å². The van der Waals surface area contributed by atoms with Gasteiger partial charge in [-0.3, -0.25) is 0 Å². The summed E-state index contributed by atoms with van der Waals surface area (Å²) in [4.78, 5) is 0. The predicted molar refractivity (Wildman–Crippen MR) is 56.9 cm³/mol. The van der Waals surface area contributed by atoms with Gasteiger partial charge < -0.3 is 23.7 Å². The molecule has 4 bridgehead atoms. The van der Waals surface area contributed by atoms with Gasteiger partial charge in [-0.15, -0.1) is 0 Å². The molecule has 5 atom stereocenters. The highest BCUT2D eigenvalue weighted by Gasteiger charge is 2.55. The number of ether oxygens (including phenoxy) is 5. The Bertz CT molecular complexity index is 294. The van der Waals surface area contributed by atoms with Gasteiger partial charge in [-0.1, -0.05) is 0 Å². The zero-order valence-corrected chi connectivity index (χ0v) is 9.80. The predicted octanol–water partition coefficient (Wildman–Crippen LogP) is 0.117. The first-order valence-electron chi connectivity index (χ1n) is 6.46. The van der Waals surface area contributed by atoms with Gasteiger partial charge in [0.25, 0.3) is 0 Å². The summed E-state index contributed by atoms with van der Waals surface area (Å²) in [6, 6.07) is 0. The molecule has 0 amide bonds. The molecule has 5 aliphatic rings. The Labute approximate surface area is 100 Å². The first-order valence-corrected chi connectivity index (χ1v) is 6.46. The molecule has 0 radical (unpaired) electrons. The van der Waals surface area contributed by atoms with Crippen LogP contribution in [0.4, 0.5) is 0 Å². The average Bonchev–Trinajstić information content (AvgIpc) is 2.58. The molecule has 0 aromatic rings. The smallest absolute Gasteiger partial charge is 0.143 e. The van der Waals surface area contributed by atoms with Crippen LogP contribution in [0.3, 0.4) is 0 Å². The lowest BCUT2D eigenvalue weighted by Gasteiger charge is -2.41. The van der Waals surface area contributed by atoms with Crippen molar-refractivity contribution in [2.75, 3.05) is 33.0 Å². The fourth-order valence-electron chi connectivity index (χ4n) is 3.28. The van der Waals surface area contributed by atoms with Crippen LogP contribution in [-0.2, 0) is 23.7 Å². The van der Waals surface area contributed by atoms with E-state index < -0.39 is 5.60 Å². The van der Waals surface area contributed by atoms with E-state index in [1.165, 1.54) is 0 Å². The number of fused-ring (bicyclic) bond motifs is 6. The van der Waals surface area contributed by atoms with Crippen LogP contribution in [-0.4, -0.2) is 63.1 Å². The molecule has 5 saturated heterocycles. The second-order valence-corrected chi connectivity index (χ2v) is 5.44. The standard InChI is InChI=1S/C12H18O5/c1-2-14-10-3-8(1)17-11(10)12-6-13-4-9(5-16-12)15-7-12/h8-11H,1-7H2. The largest absolute Gasteiger partial charge is 0.375 e. The third kappa shape index (κ3) is 1.64. The summed E-state index contributed by atoms with van der Waals surface area (Å²) >= 11 is 0. The van der Waals surface area contributed by atoms with Crippen LogP contribution in [0.1, 0.15) is 12.8 Å². The van der Waals surface area contributed by atoms with E-state index in [9.17, 15) is 0 Å². The first kappa shape index (κ1) is 10.7. The summed E-state index contributed by atoms with van der Waals surface area (Å²) in [5.41, 5.74) is -0.448. The van der Waals surface area contributed by atoms with Crippen LogP contribution >= 0.6 is 0 Å². The summed E-state index contributed by atoms with van der Waals surface area (Å²) in [6.45, 7) is 3.16. The van der Waals surface area contributed by atoms with Crippen molar-refractivity contribution in [2.24, 2.45) is 0 Å². The van der Waals surface area contributed by atoms with Crippen molar-refractivity contribution < 1.29 is 23.7 Å². The van der Waals surface area contributed by atoms with Gasteiger partial charge in [0.05, 0.1) is 38.6 Å². The van der Waals surface area contributed by atoms with Gasteiger partial charge >= 0.3 is 0 Å². The van der Waals surface area contributed by atoms with Crippen molar-refractivity contribution in [3.05, 3.63) is 0 Å². The molecule has 5 heterocycles. The van der Waals surface area contributed by atoms with Crippen molar-refractivity contribution in [1.29, 1.82) is 0 Å². The third-order valence-electron chi connectivity index (χ3n) is 4.23. The SMILES string of the molecule is C1CC2CC(O1)C(C13COCC(CO1)OC3)O2. The fourth-order valence-corrected chi connectivity index (χ4v) is 3.28. The van der Waals surface area contributed by atoms with E-state index in [0.717, 1.165) is 19.4 Å². The van der Waals surface area contributed by atoms with Gasteiger partial charge in [-0.05, 0) is 6.42 Å². The van der Waals surface area contributed by atoms with E-state index in [1.807, 2.05) is 0 Å². The zero-order chi connectivity index (χ0) is 11.3. The lowest BCUT2D eigenvalue weighted by atomic mass is 9.92. The Morgan fingerprint density at radius 3 is 2.82 bits per heavy atom. The van der Waals surface area contributed by atoms with Gasteiger partial charge in [0.15, 0.2) is 0 Å². The van der Waals surface area contributed by atoms with Gasteiger partial charge in [0, 0.05) is 13.0 Å². The Kier molecular flexibility index (Phi) is 2.45. The summed E-state index contributed by atoms with van der Waals surface area (Å²) in [5, 5.41) is 0. The van der Waals surface area contributed by atoms with E-state index >= 15 is 0 Å². The molecule has 96 valence electrons. The molecule has 5 unspecified atom stereocenters. The maximum absolute atomic E-state index is 6.09. The molecule has 0 aromatic carbocycles. The zero-order valence-electron chi connectivity index (χ0n) is 9.80. The van der Waals surface area contributed by atoms with E-state index in [0.29, 0.717) is 32.5 Å². The van der Waals surface area contributed by atoms with Crippen molar-refractivity contribution >= 4 is 0 Å². The van der Waals surface area contributed by atoms with E-state index in [1.54, 1.807) is 0 Å². The van der Waals surface area contributed by atoms with Crippen LogP contribution in [0.25, 0.3) is 0 Å². The van der Waals surface area contributed by atoms with E-state index in [2.05, 4.69) is 0 Å². The summed E-state index contributed by atoms with van der Waals surface area (Å²) in [5.74, 6) is 0. The molecule has 17 heavy (non-hydrogen) atoms. The van der Waals surface area contributed by atoms with Crippen LogP contribution in [0.5, 0.6) is 0 Å². The minimum atomic E-state index is -0.448. The highest BCUT2D eigenvalue weighted by Crippen LogP contribution is 2.40.